The van der Waals surface area contributed by atoms with Gasteiger partial charge < -0.3 is 31.0 Å². The second-order valence-corrected chi connectivity index (χ2v) is 4.19. The standard InChI is InChI=1S/C9H16BN6.K/c1-4-11-14(7-1)10(15-8-2-5-12-15)16-9-3-6-13-16;/h1-6,10-13H,7-9H2;/q-1;+1. The van der Waals surface area contributed by atoms with Crippen LogP contribution in [-0.2, 0) is 0 Å². The Labute approximate surface area is 144 Å². The topological polar surface area (TPSA) is 45.8 Å². The zero-order chi connectivity index (χ0) is 10.8. The molecule has 0 unspecified atom stereocenters. The number of hydrogen-bond donors (Lipinski definition) is 3. The molecule has 0 bridgehead atoms. The van der Waals surface area contributed by atoms with Crippen LogP contribution in [0.15, 0.2) is 36.8 Å². The van der Waals surface area contributed by atoms with Crippen molar-refractivity contribution in [1.82, 2.24) is 31.0 Å². The molecule has 3 aliphatic heterocycles. The predicted molar refractivity (Wildman–Crippen MR) is 64.1 cm³/mol. The summed E-state index contributed by atoms with van der Waals surface area (Å²) in [7, 11) is -0.792. The van der Waals surface area contributed by atoms with E-state index in [1.807, 2.05) is 18.6 Å². The molecule has 0 spiro atoms. The van der Waals surface area contributed by atoms with E-state index in [0.29, 0.717) is 0 Å². The Morgan fingerprint density at radius 2 is 1.06 bits per heavy atom. The molecule has 0 fully saturated rings. The van der Waals surface area contributed by atoms with Gasteiger partial charge in [-0.05, 0) is 19.6 Å². The van der Waals surface area contributed by atoms with E-state index in [1.54, 1.807) is 0 Å². The summed E-state index contributed by atoms with van der Waals surface area (Å²) < 4.78 is 0. The monoisotopic (exact) mass is 258 g/mol. The summed E-state index contributed by atoms with van der Waals surface area (Å²) in [5, 5.41) is 0. The smallest absolute Gasteiger partial charge is 0.362 e. The van der Waals surface area contributed by atoms with Gasteiger partial charge in [0.1, 0.15) is 0 Å². The van der Waals surface area contributed by atoms with Gasteiger partial charge in [0.05, 0.1) is 0 Å². The molecular formula is C9H16BKN6. The van der Waals surface area contributed by atoms with Crippen molar-refractivity contribution in [3.63, 3.8) is 0 Å². The van der Waals surface area contributed by atoms with Gasteiger partial charge in [0.15, 0.2) is 0 Å². The third kappa shape index (κ3) is 2.96. The molecule has 3 heterocycles. The van der Waals surface area contributed by atoms with Crippen molar-refractivity contribution in [3.8, 4) is 0 Å². The third-order valence-electron chi connectivity index (χ3n) is 3.13. The first-order valence-corrected chi connectivity index (χ1v) is 5.66. The number of hydrazine groups is 3. The number of rotatable bonds is 3. The molecular weight excluding hydrogens is 242 g/mol. The second kappa shape index (κ2) is 6.39. The van der Waals surface area contributed by atoms with Crippen LogP contribution in [0.3, 0.4) is 0 Å². The van der Waals surface area contributed by atoms with Crippen LogP contribution in [0.1, 0.15) is 0 Å². The Morgan fingerprint density at radius 3 is 1.29 bits per heavy atom. The van der Waals surface area contributed by atoms with Crippen molar-refractivity contribution < 1.29 is 51.4 Å². The van der Waals surface area contributed by atoms with Gasteiger partial charge in [0, 0.05) is 18.6 Å². The molecule has 8 heteroatoms. The van der Waals surface area contributed by atoms with E-state index >= 15 is 0 Å². The predicted octanol–water partition coefficient (Wildman–Crippen LogP) is -4.29. The minimum Gasteiger partial charge on any atom is -0.362 e. The Balaban J connectivity index is 0.00000108. The van der Waals surface area contributed by atoms with Crippen LogP contribution in [0.4, 0.5) is 0 Å². The fourth-order valence-electron chi connectivity index (χ4n) is 2.38. The quantitative estimate of drug-likeness (QED) is 0.445. The summed E-state index contributed by atoms with van der Waals surface area (Å²) in [4.78, 5) is 6.75. The van der Waals surface area contributed by atoms with Crippen LogP contribution >= 0.6 is 0 Å². The molecule has 6 nitrogen and oxygen atoms in total. The molecule has 0 aromatic rings. The SMILES string of the molecule is C1=CNN([BH-](N2CC=CN2)N2CC=CN2)C1.[K+]. The van der Waals surface area contributed by atoms with Crippen LogP contribution in [0, 0.1) is 0 Å². The summed E-state index contributed by atoms with van der Waals surface area (Å²) >= 11 is 0. The summed E-state index contributed by atoms with van der Waals surface area (Å²) in [6.07, 6.45) is 12.4. The van der Waals surface area contributed by atoms with E-state index in [4.69, 9.17) is 0 Å². The molecule has 3 aliphatic rings. The minimum absolute atomic E-state index is 0. The molecule has 0 aromatic heterocycles. The molecule has 0 saturated heterocycles. The minimum atomic E-state index is -0.792. The Bertz CT molecular complexity index is 270. The van der Waals surface area contributed by atoms with E-state index < -0.39 is 7.12 Å². The Hall–Kier alpha value is 0.201. The molecule has 0 aromatic carbocycles. The molecule has 86 valence electrons. The number of nitrogens with one attached hydrogen (secondary N) is 3. The maximum Gasteiger partial charge on any atom is 1.00 e. The van der Waals surface area contributed by atoms with Crippen molar-refractivity contribution in [2.24, 2.45) is 0 Å². The second-order valence-electron chi connectivity index (χ2n) is 4.19. The third-order valence-corrected chi connectivity index (χ3v) is 3.13. The number of nitrogens with zero attached hydrogens (tertiary/aromatic N) is 3. The van der Waals surface area contributed by atoms with E-state index in [0.717, 1.165) is 19.6 Å². The molecule has 0 aliphatic carbocycles. The van der Waals surface area contributed by atoms with E-state index in [1.165, 1.54) is 0 Å². The molecule has 0 radical (unpaired) electrons. The van der Waals surface area contributed by atoms with Gasteiger partial charge in [-0.25, -0.2) is 0 Å². The van der Waals surface area contributed by atoms with Gasteiger partial charge in [-0.3, -0.25) is 0 Å². The van der Waals surface area contributed by atoms with Gasteiger partial charge in [0.25, 0.3) is 0 Å². The maximum absolute atomic E-state index is 3.28. The van der Waals surface area contributed by atoms with Crippen LogP contribution in [0.2, 0.25) is 0 Å². The van der Waals surface area contributed by atoms with E-state index in [-0.39, 0.29) is 51.4 Å². The first kappa shape index (κ1) is 13.6. The van der Waals surface area contributed by atoms with E-state index in [9.17, 15) is 0 Å². The van der Waals surface area contributed by atoms with Gasteiger partial charge >= 0.3 is 51.4 Å². The number of hydrogen-bond acceptors (Lipinski definition) is 6. The van der Waals surface area contributed by atoms with Gasteiger partial charge in [-0.15, -0.1) is 0 Å². The van der Waals surface area contributed by atoms with Gasteiger partial charge in [-0.2, -0.15) is 0 Å². The normalized spacial score (nSPS) is 23.8. The van der Waals surface area contributed by atoms with Gasteiger partial charge in [-0.1, -0.05) is 18.2 Å². The molecule has 0 saturated carbocycles. The van der Waals surface area contributed by atoms with E-state index in [2.05, 4.69) is 49.3 Å². The van der Waals surface area contributed by atoms with Crippen molar-refractivity contribution in [2.75, 3.05) is 19.6 Å². The summed E-state index contributed by atoms with van der Waals surface area (Å²) in [6.45, 7) is 2.82. The van der Waals surface area contributed by atoms with Crippen LogP contribution < -0.4 is 67.7 Å². The summed E-state index contributed by atoms with van der Waals surface area (Å²) in [5.74, 6) is 0. The zero-order valence-corrected chi connectivity index (χ0v) is 13.3. The molecule has 3 rings (SSSR count). The summed E-state index contributed by atoms with van der Waals surface area (Å²) in [6, 6.07) is 0. The molecule has 17 heavy (non-hydrogen) atoms. The Morgan fingerprint density at radius 1 is 0.706 bits per heavy atom. The fraction of sp³-hybridized carbons (Fsp3) is 0.333. The van der Waals surface area contributed by atoms with Crippen LogP contribution in [0.25, 0.3) is 0 Å². The summed E-state index contributed by atoms with van der Waals surface area (Å²) in [5.41, 5.74) is 9.84. The average molecular weight is 258 g/mol. The molecule has 0 atom stereocenters. The van der Waals surface area contributed by atoms with Crippen molar-refractivity contribution in [3.05, 3.63) is 36.8 Å². The van der Waals surface area contributed by atoms with Crippen LogP contribution in [0.5, 0.6) is 0 Å². The first-order chi connectivity index (χ1) is 7.95. The molecule has 0 amide bonds. The first-order valence-electron chi connectivity index (χ1n) is 5.66. The van der Waals surface area contributed by atoms with Gasteiger partial charge in [0.2, 0.25) is 7.12 Å². The zero-order valence-electron chi connectivity index (χ0n) is 10.1. The van der Waals surface area contributed by atoms with Crippen molar-refractivity contribution in [1.29, 1.82) is 0 Å². The van der Waals surface area contributed by atoms with Crippen LogP contribution in [-0.4, -0.2) is 41.5 Å². The fourth-order valence-corrected chi connectivity index (χ4v) is 2.38. The molecule has 3 N–H and O–H groups in total. The van der Waals surface area contributed by atoms with Crippen molar-refractivity contribution in [2.45, 2.75) is 0 Å². The Kier molecular flexibility index (Phi) is 5.12. The largest absolute Gasteiger partial charge is 1.00 e. The maximum atomic E-state index is 3.28. The average Bonchev–Trinajstić information content (AvgIpc) is 3.02. The van der Waals surface area contributed by atoms with Crippen molar-refractivity contribution >= 4 is 7.12 Å².